The molecule has 164 valence electrons. The largest absolute Gasteiger partial charge is 0.495 e. The van der Waals surface area contributed by atoms with Crippen molar-refractivity contribution in [2.75, 3.05) is 57.1 Å². The van der Waals surface area contributed by atoms with Crippen molar-refractivity contribution in [3.63, 3.8) is 0 Å². The molecule has 29 heavy (non-hydrogen) atoms. The molecule has 0 aromatic heterocycles. The highest BCUT2D eigenvalue weighted by molar-refractivity contribution is 7.92. The molecule has 1 aromatic carbocycles. The average molecular weight is 448 g/mol. The average Bonchev–Trinajstić information content (AvgIpc) is 2.69. The van der Waals surface area contributed by atoms with Gasteiger partial charge in [-0.3, -0.25) is 14.0 Å². The third kappa shape index (κ3) is 6.74. The third-order valence-electron chi connectivity index (χ3n) is 4.77. The lowest BCUT2D eigenvalue weighted by molar-refractivity contribution is -0.122. The molecule has 10 heteroatoms. The molecule has 0 aliphatic carbocycles. The number of carbonyl (C=O) groups is 1. The molecule has 2 rings (SSSR count). The fourth-order valence-corrected chi connectivity index (χ4v) is 4.77. The Bertz CT molecular complexity index is 784. The highest BCUT2D eigenvalue weighted by atomic mass is 35.5. The number of sulfonamides is 1. The van der Waals surface area contributed by atoms with Crippen molar-refractivity contribution in [2.24, 2.45) is 0 Å². The molecule has 0 radical (unpaired) electrons. The molecule has 0 spiro atoms. The summed E-state index contributed by atoms with van der Waals surface area (Å²) in [6.45, 7) is 6.38. The van der Waals surface area contributed by atoms with Crippen LogP contribution < -0.4 is 14.4 Å². The van der Waals surface area contributed by atoms with Gasteiger partial charge in [0, 0.05) is 19.6 Å². The molecule has 1 amide bonds. The van der Waals surface area contributed by atoms with Crippen molar-refractivity contribution in [1.82, 2.24) is 10.2 Å². The molecule has 0 bridgehead atoms. The van der Waals surface area contributed by atoms with Crippen LogP contribution in [0.3, 0.4) is 0 Å². The maximum absolute atomic E-state index is 12.8. The Morgan fingerprint density at radius 3 is 2.62 bits per heavy atom. The van der Waals surface area contributed by atoms with Gasteiger partial charge in [0.2, 0.25) is 15.9 Å². The summed E-state index contributed by atoms with van der Waals surface area (Å²) in [6, 6.07) is 3.80. The number of nitrogens with zero attached hydrogens (tertiary/aromatic N) is 2. The zero-order valence-electron chi connectivity index (χ0n) is 17.2. The van der Waals surface area contributed by atoms with Crippen LogP contribution in [0.1, 0.15) is 19.8 Å². The monoisotopic (exact) mass is 447 g/mol. The van der Waals surface area contributed by atoms with Crippen LogP contribution in [-0.2, 0) is 19.6 Å². The molecule has 1 aromatic rings. The predicted octanol–water partition coefficient (Wildman–Crippen LogP) is 1.73. The molecular weight excluding hydrogens is 418 g/mol. The van der Waals surface area contributed by atoms with Crippen molar-refractivity contribution in [2.45, 2.75) is 25.8 Å². The summed E-state index contributed by atoms with van der Waals surface area (Å²) < 4.78 is 36.6. The summed E-state index contributed by atoms with van der Waals surface area (Å²) in [4.78, 5) is 15.1. The van der Waals surface area contributed by atoms with Crippen LogP contribution >= 0.6 is 11.6 Å². The van der Waals surface area contributed by atoms with Gasteiger partial charge in [-0.15, -0.1) is 0 Å². The second-order valence-electron chi connectivity index (χ2n) is 6.90. The Morgan fingerprint density at radius 1 is 1.38 bits per heavy atom. The van der Waals surface area contributed by atoms with E-state index in [9.17, 15) is 13.2 Å². The van der Waals surface area contributed by atoms with Gasteiger partial charge < -0.3 is 14.8 Å². The lowest BCUT2D eigenvalue weighted by Crippen LogP contribution is -2.49. The summed E-state index contributed by atoms with van der Waals surface area (Å²) in [5.41, 5.74) is 0.327. The van der Waals surface area contributed by atoms with Crippen LogP contribution in [0, 0.1) is 0 Å². The molecule has 1 saturated heterocycles. The molecule has 0 saturated carbocycles. The number of morpholine rings is 1. The Labute approximate surface area is 178 Å². The number of benzene rings is 1. The van der Waals surface area contributed by atoms with Crippen molar-refractivity contribution in [3.05, 3.63) is 23.2 Å². The Balaban J connectivity index is 2.05. The maximum atomic E-state index is 12.8. The van der Waals surface area contributed by atoms with E-state index < -0.39 is 16.1 Å². The van der Waals surface area contributed by atoms with E-state index in [-0.39, 0.29) is 10.9 Å². The van der Waals surface area contributed by atoms with Gasteiger partial charge in [-0.2, -0.15) is 0 Å². The molecular formula is C19H30ClN3O5S. The van der Waals surface area contributed by atoms with Crippen LogP contribution in [-0.4, -0.2) is 78.0 Å². The number of methoxy groups -OCH3 is 1. The second-order valence-corrected chi connectivity index (χ2v) is 9.17. The van der Waals surface area contributed by atoms with Crippen molar-refractivity contribution < 1.29 is 22.7 Å². The van der Waals surface area contributed by atoms with Gasteiger partial charge in [-0.1, -0.05) is 18.5 Å². The zero-order valence-corrected chi connectivity index (χ0v) is 18.8. The normalized spacial score (nSPS) is 16.3. The first kappa shape index (κ1) is 23.7. The summed E-state index contributed by atoms with van der Waals surface area (Å²) >= 11 is 6.17. The molecule has 1 aliphatic rings. The van der Waals surface area contributed by atoms with Crippen molar-refractivity contribution >= 4 is 33.2 Å². The fraction of sp³-hybridized carbons (Fsp3) is 0.632. The van der Waals surface area contributed by atoms with Crippen LogP contribution in [0.2, 0.25) is 5.02 Å². The number of hydrogen-bond acceptors (Lipinski definition) is 6. The Kier molecular flexibility index (Phi) is 9.01. The predicted molar refractivity (Wildman–Crippen MR) is 114 cm³/mol. The lowest BCUT2D eigenvalue weighted by Gasteiger charge is -2.30. The second kappa shape index (κ2) is 11.0. The van der Waals surface area contributed by atoms with E-state index in [2.05, 4.69) is 10.2 Å². The van der Waals surface area contributed by atoms with E-state index in [4.69, 9.17) is 21.1 Å². The summed E-state index contributed by atoms with van der Waals surface area (Å²) in [5.74, 6) is 0.108. The van der Waals surface area contributed by atoms with Gasteiger partial charge in [-0.05, 0) is 37.6 Å². The molecule has 1 aliphatic heterocycles. The Morgan fingerprint density at radius 2 is 2.07 bits per heavy atom. The minimum Gasteiger partial charge on any atom is -0.495 e. The Hall–Kier alpha value is -1.55. The van der Waals surface area contributed by atoms with Gasteiger partial charge in [0.15, 0.2) is 0 Å². The summed E-state index contributed by atoms with van der Waals surface area (Å²) in [6.07, 6.45) is 2.20. The zero-order chi connectivity index (χ0) is 21.4. The van der Waals surface area contributed by atoms with Gasteiger partial charge in [0.25, 0.3) is 0 Å². The molecule has 8 nitrogen and oxygen atoms in total. The number of hydrogen-bond donors (Lipinski definition) is 1. The van der Waals surface area contributed by atoms with Crippen molar-refractivity contribution in [1.29, 1.82) is 0 Å². The van der Waals surface area contributed by atoms with Gasteiger partial charge in [0.05, 0.1) is 37.3 Å². The van der Waals surface area contributed by atoms with Gasteiger partial charge in [-0.25, -0.2) is 8.42 Å². The third-order valence-corrected chi connectivity index (χ3v) is 6.25. The molecule has 1 atom stereocenters. The SMILES string of the molecule is CCC(C(=O)NCCCN1CCOCC1)N(c1ccc(OC)c(Cl)c1)S(C)(=O)=O. The van der Waals surface area contributed by atoms with Gasteiger partial charge >= 0.3 is 0 Å². The van der Waals surface area contributed by atoms with E-state index >= 15 is 0 Å². The van der Waals surface area contributed by atoms with Crippen LogP contribution in [0.15, 0.2) is 18.2 Å². The van der Waals surface area contributed by atoms with E-state index in [1.807, 2.05) is 0 Å². The van der Waals surface area contributed by atoms with E-state index in [0.29, 0.717) is 24.4 Å². The summed E-state index contributed by atoms with van der Waals surface area (Å²) in [7, 11) is -2.23. The number of rotatable bonds is 10. The van der Waals surface area contributed by atoms with E-state index in [0.717, 1.165) is 49.8 Å². The molecule has 1 heterocycles. The maximum Gasteiger partial charge on any atom is 0.243 e. The first-order chi connectivity index (χ1) is 13.8. The molecule has 1 N–H and O–H groups in total. The van der Waals surface area contributed by atoms with Crippen LogP contribution in [0.25, 0.3) is 0 Å². The first-order valence-corrected chi connectivity index (χ1v) is 11.9. The summed E-state index contributed by atoms with van der Waals surface area (Å²) in [5, 5.41) is 3.15. The minimum atomic E-state index is -3.71. The standard InChI is InChI=1S/C19H30ClN3O5S/c1-4-17(19(24)21-8-5-9-22-10-12-28-13-11-22)23(29(3,25)26)15-6-7-18(27-2)16(20)14-15/h6-7,14,17H,4-5,8-13H2,1-3H3,(H,21,24). The topological polar surface area (TPSA) is 88.2 Å². The van der Waals surface area contributed by atoms with Crippen molar-refractivity contribution in [3.8, 4) is 5.75 Å². The van der Waals surface area contributed by atoms with Crippen LogP contribution in [0.4, 0.5) is 5.69 Å². The highest BCUT2D eigenvalue weighted by Gasteiger charge is 2.31. The number of carbonyl (C=O) groups excluding carboxylic acids is 1. The number of anilines is 1. The lowest BCUT2D eigenvalue weighted by atomic mass is 10.2. The molecule has 1 unspecified atom stereocenters. The highest BCUT2D eigenvalue weighted by Crippen LogP contribution is 2.31. The fourth-order valence-electron chi connectivity index (χ4n) is 3.31. The number of amides is 1. The number of halogens is 1. The van der Waals surface area contributed by atoms with E-state index in [1.165, 1.54) is 13.2 Å². The van der Waals surface area contributed by atoms with Gasteiger partial charge in [0.1, 0.15) is 11.8 Å². The quantitative estimate of drug-likeness (QED) is 0.549. The number of nitrogens with one attached hydrogen (secondary N) is 1. The number of ether oxygens (including phenoxy) is 2. The molecule has 1 fully saturated rings. The minimum absolute atomic E-state index is 0.277. The smallest absolute Gasteiger partial charge is 0.243 e. The first-order valence-electron chi connectivity index (χ1n) is 9.68. The van der Waals surface area contributed by atoms with E-state index in [1.54, 1.807) is 19.1 Å². The van der Waals surface area contributed by atoms with Crippen LogP contribution in [0.5, 0.6) is 5.75 Å².